The second-order valence-electron chi connectivity index (χ2n) is 5.01. The van der Waals surface area contributed by atoms with Gasteiger partial charge >= 0.3 is 0 Å². The molecule has 0 saturated heterocycles. The largest absolute Gasteiger partial charge is 0.334 e. The van der Waals surface area contributed by atoms with Crippen LogP contribution in [0.15, 0.2) is 16.7 Å². The minimum Gasteiger partial charge on any atom is -0.334 e. The summed E-state index contributed by atoms with van der Waals surface area (Å²) in [7, 11) is 0. The van der Waals surface area contributed by atoms with Crippen molar-refractivity contribution in [2.75, 3.05) is 0 Å². The van der Waals surface area contributed by atoms with Gasteiger partial charge in [-0.05, 0) is 43.9 Å². The molecule has 0 spiro atoms. The van der Waals surface area contributed by atoms with Gasteiger partial charge in [-0.25, -0.2) is 4.39 Å². The molecule has 0 unspecified atom stereocenters. The van der Waals surface area contributed by atoms with E-state index in [1.165, 1.54) is 6.07 Å². The molecule has 100 valence electrons. The smallest absolute Gasteiger partial charge is 0.259 e. The zero-order chi connectivity index (χ0) is 13.6. The van der Waals surface area contributed by atoms with E-state index in [0.29, 0.717) is 17.0 Å². The molecule has 1 aromatic heterocycles. The molecule has 1 aliphatic carbocycles. The zero-order valence-corrected chi connectivity index (χ0v) is 11.2. The highest BCUT2D eigenvalue weighted by Gasteiger charge is 2.39. The van der Waals surface area contributed by atoms with Gasteiger partial charge in [-0.1, -0.05) is 16.8 Å². The first-order valence-electron chi connectivity index (χ1n) is 6.09. The Balaban J connectivity index is 2.01. The highest BCUT2D eigenvalue weighted by molar-refractivity contribution is 6.33. The van der Waals surface area contributed by atoms with Crippen molar-refractivity contribution in [2.24, 2.45) is 5.73 Å². The summed E-state index contributed by atoms with van der Waals surface area (Å²) in [5, 5.41) is 4.16. The lowest BCUT2D eigenvalue weighted by Crippen LogP contribution is -2.44. The molecule has 0 radical (unpaired) electrons. The molecule has 2 aromatic rings. The van der Waals surface area contributed by atoms with E-state index in [9.17, 15) is 4.39 Å². The van der Waals surface area contributed by atoms with Crippen LogP contribution in [0, 0.1) is 12.7 Å². The standard InChI is InChI=1S/C13H13ClFN3O/c1-7-5-8(9(14)6-10(7)15)11-17-12(18-19-11)13(16)3-2-4-13/h5-6H,2-4,16H2,1H3. The minimum atomic E-state index is -0.483. The van der Waals surface area contributed by atoms with Crippen LogP contribution in [0.25, 0.3) is 11.5 Å². The average Bonchev–Trinajstić information content (AvgIpc) is 2.80. The number of hydrogen-bond donors (Lipinski definition) is 1. The van der Waals surface area contributed by atoms with E-state index in [4.69, 9.17) is 21.9 Å². The third kappa shape index (κ3) is 2.03. The van der Waals surface area contributed by atoms with Gasteiger partial charge in [0, 0.05) is 0 Å². The third-order valence-electron chi connectivity index (χ3n) is 3.60. The first-order chi connectivity index (χ1) is 8.99. The van der Waals surface area contributed by atoms with Gasteiger partial charge in [0.25, 0.3) is 5.89 Å². The fourth-order valence-electron chi connectivity index (χ4n) is 2.14. The summed E-state index contributed by atoms with van der Waals surface area (Å²) in [6.45, 7) is 1.66. The molecule has 1 heterocycles. The average molecular weight is 282 g/mol. The van der Waals surface area contributed by atoms with E-state index in [1.54, 1.807) is 13.0 Å². The second kappa shape index (κ2) is 4.28. The molecule has 6 heteroatoms. The minimum absolute atomic E-state index is 0.248. The van der Waals surface area contributed by atoms with Gasteiger partial charge in [0.2, 0.25) is 0 Å². The Morgan fingerprint density at radius 1 is 1.42 bits per heavy atom. The van der Waals surface area contributed by atoms with Gasteiger partial charge in [-0.15, -0.1) is 0 Å². The predicted molar refractivity (Wildman–Crippen MR) is 69.2 cm³/mol. The predicted octanol–water partition coefficient (Wildman–Crippen LogP) is 3.18. The molecule has 0 atom stereocenters. The van der Waals surface area contributed by atoms with Crippen LogP contribution in [0.3, 0.4) is 0 Å². The molecule has 0 bridgehead atoms. The van der Waals surface area contributed by atoms with Crippen LogP contribution in [-0.2, 0) is 5.54 Å². The van der Waals surface area contributed by atoms with E-state index in [1.807, 2.05) is 0 Å². The van der Waals surface area contributed by atoms with Crippen molar-refractivity contribution in [3.05, 3.63) is 34.4 Å². The van der Waals surface area contributed by atoms with E-state index in [2.05, 4.69) is 10.1 Å². The first kappa shape index (κ1) is 12.6. The highest BCUT2D eigenvalue weighted by Crippen LogP contribution is 2.38. The van der Waals surface area contributed by atoms with E-state index >= 15 is 0 Å². The van der Waals surface area contributed by atoms with Gasteiger partial charge in [0.05, 0.1) is 16.1 Å². The third-order valence-corrected chi connectivity index (χ3v) is 3.91. The van der Waals surface area contributed by atoms with Crippen molar-refractivity contribution >= 4 is 11.6 Å². The molecule has 0 aliphatic heterocycles. The molecule has 0 amide bonds. The van der Waals surface area contributed by atoms with Crippen molar-refractivity contribution in [1.82, 2.24) is 10.1 Å². The summed E-state index contributed by atoms with van der Waals surface area (Å²) in [5.41, 5.74) is 6.65. The number of aromatic nitrogens is 2. The van der Waals surface area contributed by atoms with Crippen molar-refractivity contribution in [3.63, 3.8) is 0 Å². The summed E-state index contributed by atoms with van der Waals surface area (Å²) in [5.74, 6) is 0.411. The van der Waals surface area contributed by atoms with Crippen LogP contribution in [-0.4, -0.2) is 10.1 Å². The van der Waals surface area contributed by atoms with E-state index in [-0.39, 0.29) is 16.7 Å². The quantitative estimate of drug-likeness (QED) is 0.918. The number of halogens is 2. The normalized spacial score (nSPS) is 17.3. The molecule has 19 heavy (non-hydrogen) atoms. The molecule has 1 aliphatic rings. The molecule has 2 N–H and O–H groups in total. The topological polar surface area (TPSA) is 64.9 Å². The van der Waals surface area contributed by atoms with Crippen molar-refractivity contribution in [1.29, 1.82) is 0 Å². The molecule has 3 rings (SSSR count). The maximum Gasteiger partial charge on any atom is 0.259 e. The van der Waals surface area contributed by atoms with Gasteiger partial charge in [-0.3, -0.25) is 0 Å². The fraction of sp³-hybridized carbons (Fsp3) is 0.385. The van der Waals surface area contributed by atoms with E-state index < -0.39 is 5.54 Å². The Labute approximate surface area is 114 Å². The lowest BCUT2D eigenvalue weighted by molar-refractivity contribution is 0.229. The Hall–Kier alpha value is -1.46. The summed E-state index contributed by atoms with van der Waals surface area (Å²) < 4.78 is 18.6. The number of rotatable bonds is 2. The monoisotopic (exact) mass is 281 g/mol. The number of aryl methyl sites for hydroxylation is 1. The second-order valence-corrected chi connectivity index (χ2v) is 5.42. The lowest BCUT2D eigenvalue weighted by atomic mass is 9.77. The Morgan fingerprint density at radius 2 is 2.16 bits per heavy atom. The van der Waals surface area contributed by atoms with Gasteiger partial charge < -0.3 is 10.3 Å². The Morgan fingerprint density at radius 3 is 2.79 bits per heavy atom. The Bertz CT molecular complexity index is 637. The summed E-state index contributed by atoms with van der Waals surface area (Å²) in [6.07, 6.45) is 2.76. The Kier molecular flexibility index (Phi) is 2.83. The number of nitrogens with two attached hydrogens (primary N) is 1. The number of nitrogens with zero attached hydrogens (tertiary/aromatic N) is 2. The molecule has 1 fully saturated rings. The van der Waals surface area contributed by atoms with Crippen LogP contribution in [0.5, 0.6) is 0 Å². The SMILES string of the molecule is Cc1cc(-c2nc(C3(N)CCC3)no2)c(Cl)cc1F. The van der Waals surface area contributed by atoms with Crippen molar-refractivity contribution in [2.45, 2.75) is 31.7 Å². The maximum absolute atomic E-state index is 13.4. The molecule has 1 saturated carbocycles. The number of hydrogen-bond acceptors (Lipinski definition) is 4. The van der Waals surface area contributed by atoms with Crippen LogP contribution in [0.2, 0.25) is 5.02 Å². The van der Waals surface area contributed by atoms with E-state index in [0.717, 1.165) is 19.3 Å². The van der Waals surface area contributed by atoms with Crippen LogP contribution in [0.4, 0.5) is 4.39 Å². The van der Waals surface area contributed by atoms with Crippen LogP contribution < -0.4 is 5.73 Å². The zero-order valence-electron chi connectivity index (χ0n) is 10.4. The maximum atomic E-state index is 13.4. The van der Waals surface area contributed by atoms with Crippen molar-refractivity contribution < 1.29 is 8.91 Å². The highest BCUT2D eigenvalue weighted by atomic mass is 35.5. The molecular weight excluding hydrogens is 269 g/mol. The van der Waals surface area contributed by atoms with Gasteiger partial charge in [0.1, 0.15) is 5.82 Å². The summed E-state index contributed by atoms with van der Waals surface area (Å²) in [4.78, 5) is 4.30. The molecular formula is C13H13ClFN3O. The van der Waals surface area contributed by atoms with Gasteiger partial charge in [0.15, 0.2) is 5.82 Å². The number of benzene rings is 1. The van der Waals surface area contributed by atoms with Crippen LogP contribution in [0.1, 0.15) is 30.7 Å². The first-order valence-corrected chi connectivity index (χ1v) is 6.46. The lowest BCUT2D eigenvalue weighted by Gasteiger charge is -2.34. The van der Waals surface area contributed by atoms with Crippen molar-refractivity contribution in [3.8, 4) is 11.5 Å². The molecule has 4 nitrogen and oxygen atoms in total. The fourth-order valence-corrected chi connectivity index (χ4v) is 2.37. The molecule has 1 aromatic carbocycles. The van der Waals surface area contributed by atoms with Gasteiger partial charge in [-0.2, -0.15) is 4.98 Å². The summed E-state index contributed by atoms with van der Waals surface area (Å²) >= 11 is 6.01. The van der Waals surface area contributed by atoms with Crippen LogP contribution >= 0.6 is 11.6 Å². The summed E-state index contributed by atoms with van der Waals surface area (Å²) in [6, 6.07) is 2.84.